The first-order valence-electron chi connectivity index (χ1n) is 6.66. The van der Waals surface area contributed by atoms with Crippen LogP contribution in [0.25, 0.3) is 0 Å². The maximum atomic E-state index is 14.2. The van der Waals surface area contributed by atoms with Crippen LogP contribution in [-0.2, 0) is 0 Å². The number of thiocarbonyl (C=S) groups is 1. The molecule has 0 saturated heterocycles. The van der Waals surface area contributed by atoms with Crippen molar-refractivity contribution < 1.29 is 13.6 Å². The van der Waals surface area contributed by atoms with Crippen LogP contribution in [0.15, 0.2) is 30.3 Å². The largest absolute Gasteiger partial charge is 0.375 e. The zero-order valence-electron chi connectivity index (χ0n) is 12.4. The summed E-state index contributed by atoms with van der Waals surface area (Å²) in [6.45, 7) is 1.82. The Hall–Kier alpha value is -2.01. The van der Waals surface area contributed by atoms with Gasteiger partial charge in [0.05, 0.1) is 11.3 Å². The Kier molecular flexibility index (Phi) is 5.89. The molecule has 0 radical (unpaired) electrons. The highest BCUT2D eigenvalue weighted by atomic mass is 127. The number of anilines is 2. The Morgan fingerprint density at radius 2 is 1.92 bits per heavy atom. The number of rotatable bonds is 3. The molecule has 0 saturated carbocycles. The van der Waals surface area contributed by atoms with Crippen LogP contribution in [0.2, 0.25) is 0 Å². The molecule has 2 aromatic rings. The number of carbonyl (C=O) groups excluding carboxylic acids is 1. The molecule has 0 aromatic heterocycles. The fraction of sp³-hybridized carbons (Fsp3) is 0.0667. The molecule has 9 heteroatoms. The summed E-state index contributed by atoms with van der Waals surface area (Å²) in [5.74, 6) is -2.94. The van der Waals surface area contributed by atoms with Gasteiger partial charge < -0.3 is 11.1 Å². The van der Waals surface area contributed by atoms with E-state index < -0.39 is 17.5 Å². The van der Waals surface area contributed by atoms with E-state index in [2.05, 4.69) is 51.0 Å². The van der Waals surface area contributed by atoms with Crippen LogP contribution in [0.5, 0.6) is 0 Å². The summed E-state index contributed by atoms with van der Waals surface area (Å²) in [5.41, 5.74) is 10.7. The van der Waals surface area contributed by atoms with Crippen molar-refractivity contribution in [1.82, 2.24) is 10.9 Å². The van der Waals surface area contributed by atoms with Gasteiger partial charge in [-0.25, -0.2) is 8.78 Å². The molecule has 1 amide bonds. The van der Waals surface area contributed by atoms with Gasteiger partial charge in [-0.05, 0) is 77.6 Å². The van der Waals surface area contributed by atoms with Gasteiger partial charge in [0.25, 0.3) is 5.91 Å². The number of nitrogens with one attached hydrogen (secondary N) is 3. The lowest BCUT2D eigenvalue weighted by Gasteiger charge is -2.15. The molecule has 0 atom stereocenters. The van der Waals surface area contributed by atoms with E-state index in [0.717, 1.165) is 15.2 Å². The Morgan fingerprint density at radius 1 is 1.21 bits per heavy atom. The Morgan fingerprint density at radius 3 is 2.54 bits per heavy atom. The van der Waals surface area contributed by atoms with E-state index in [1.165, 1.54) is 6.07 Å². The lowest BCUT2D eigenvalue weighted by atomic mass is 10.1. The summed E-state index contributed by atoms with van der Waals surface area (Å²) in [6, 6.07) is 7.43. The number of hydrazine groups is 1. The van der Waals surface area contributed by atoms with E-state index >= 15 is 0 Å². The quantitative estimate of drug-likeness (QED) is 0.321. The van der Waals surface area contributed by atoms with Crippen LogP contribution < -0.4 is 21.9 Å². The predicted octanol–water partition coefficient (Wildman–Crippen LogP) is 3.10. The molecule has 2 rings (SSSR count). The van der Waals surface area contributed by atoms with Gasteiger partial charge in [0.1, 0.15) is 0 Å². The summed E-state index contributed by atoms with van der Waals surface area (Å²) >= 11 is 6.72. The van der Waals surface area contributed by atoms with Crippen molar-refractivity contribution in [2.75, 3.05) is 5.32 Å². The third kappa shape index (κ3) is 4.29. The van der Waals surface area contributed by atoms with Gasteiger partial charge in [0.15, 0.2) is 16.7 Å². The van der Waals surface area contributed by atoms with Gasteiger partial charge in [-0.1, -0.05) is 0 Å². The highest BCUT2D eigenvalue weighted by molar-refractivity contribution is 14.1. The maximum absolute atomic E-state index is 14.2. The molecular formula is C15H13F2IN4OS. The van der Waals surface area contributed by atoms with E-state index in [0.29, 0.717) is 5.69 Å². The molecule has 0 heterocycles. The van der Waals surface area contributed by atoms with Gasteiger partial charge in [-0.2, -0.15) is 0 Å². The summed E-state index contributed by atoms with van der Waals surface area (Å²) in [6.07, 6.45) is 0. The lowest BCUT2D eigenvalue weighted by Crippen LogP contribution is -2.44. The zero-order valence-corrected chi connectivity index (χ0v) is 15.4. The van der Waals surface area contributed by atoms with E-state index in [1.807, 2.05) is 13.0 Å². The Bertz CT molecular complexity index is 816. The first-order valence-corrected chi connectivity index (χ1v) is 8.15. The van der Waals surface area contributed by atoms with E-state index in [9.17, 15) is 13.6 Å². The fourth-order valence-electron chi connectivity index (χ4n) is 1.95. The molecule has 5 N–H and O–H groups in total. The summed E-state index contributed by atoms with van der Waals surface area (Å²) in [4.78, 5) is 12.1. The van der Waals surface area contributed by atoms with Crippen LogP contribution in [0, 0.1) is 22.1 Å². The minimum Gasteiger partial charge on any atom is -0.375 e. The molecule has 0 unspecified atom stereocenters. The number of amides is 1. The molecule has 0 aliphatic rings. The summed E-state index contributed by atoms with van der Waals surface area (Å²) in [5, 5.41) is 2.62. The van der Waals surface area contributed by atoms with Gasteiger partial charge in [0.2, 0.25) is 0 Å². The van der Waals surface area contributed by atoms with Crippen molar-refractivity contribution in [2.24, 2.45) is 5.73 Å². The molecule has 0 spiro atoms. The molecule has 24 heavy (non-hydrogen) atoms. The molecule has 0 bridgehead atoms. The van der Waals surface area contributed by atoms with Gasteiger partial charge in [0, 0.05) is 9.26 Å². The number of carbonyl (C=O) groups is 1. The number of benzene rings is 2. The standard InChI is InChI=1S/C15H13F2IN4OS/c1-7-6-8(18)2-5-11(7)20-13-9(3-4-10(16)12(13)17)14(23)21-22-15(19)24/h2-6,20H,1H3,(H,21,23)(H3,19,22,24). The number of aryl methyl sites for hydroxylation is 1. The molecule has 126 valence electrons. The summed E-state index contributed by atoms with van der Waals surface area (Å²) in [7, 11) is 0. The molecule has 5 nitrogen and oxygen atoms in total. The van der Waals surface area contributed by atoms with Crippen molar-refractivity contribution in [3.63, 3.8) is 0 Å². The average Bonchev–Trinajstić information content (AvgIpc) is 2.52. The molecule has 0 fully saturated rings. The summed E-state index contributed by atoms with van der Waals surface area (Å²) < 4.78 is 28.8. The van der Waals surface area contributed by atoms with Crippen LogP contribution >= 0.6 is 34.8 Å². The third-order valence-corrected chi connectivity index (χ3v) is 3.86. The van der Waals surface area contributed by atoms with E-state index in [1.54, 1.807) is 12.1 Å². The fourth-order valence-corrected chi connectivity index (χ4v) is 2.65. The molecule has 2 aromatic carbocycles. The highest BCUT2D eigenvalue weighted by Gasteiger charge is 2.19. The van der Waals surface area contributed by atoms with Crippen molar-refractivity contribution in [3.05, 3.63) is 56.7 Å². The molecule has 0 aliphatic heterocycles. The van der Waals surface area contributed by atoms with E-state index in [-0.39, 0.29) is 16.4 Å². The van der Waals surface area contributed by atoms with Crippen LogP contribution in [-0.4, -0.2) is 11.0 Å². The SMILES string of the molecule is Cc1cc(I)ccc1Nc1c(C(=O)NNC(N)=S)ccc(F)c1F. The zero-order chi connectivity index (χ0) is 17.9. The topological polar surface area (TPSA) is 79.2 Å². The minimum absolute atomic E-state index is 0.101. The first-order chi connectivity index (χ1) is 11.3. The Balaban J connectivity index is 2.41. The van der Waals surface area contributed by atoms with Crippen LogP contribution in [0.1, 0.15) is 15.9 Å². The average molecular weight is 462 g/mol. The van der Waals surface area contributed by atoms with Gasteiger partial charge >= 0.3 is 0 Å². The number of halogens is 3. The maximum Gasteiger partial charge on any atom is 0.271 e. The lowest BCUT2D eigenvalue weighted by molar-refractivity contribution is 0.0944. The number of hydrogen-bond donors (Lipinski definition) is 4. The van der Waals surface area contributed by atoms with Crippen molar-refractivity contribution in [1.29, 1.82) is 0 Å². The van der Waals surface area contributed by atoms with Gasteiger partial charge in [-0.3, -0.25) is 15.6 Å². The van der Waals surface area contributed by atoms with Crippen molar-refractivity contribution >= 4 is 57.2 Å². The van der Waals surface area contributed by atoms with Crippen molar-refractivity contribution in [3.8, 4) is 0 Å². The second kappa shape index (κ2) is 7.71. The number of hydrogen-bond acceptors (Lipinski definition) is 3. The third-order valence-electron chi connectivity index (χ3n) is 3.09. The van der Waals surface area contributed by atoms with Gasteiger partial charge in [-0.15, -0.1) is 0 Å². The molecular weight excluding hydrogens is 449 g/mol. The monoisotopic (exact) mass is 462 g/mol. The second-order valence-corrected chi connectivity index (χ2v) is 6.50. The Labute approximate surface area is 156 Å². The van der Waals surface area contributed by atoms with Crippen LogP contribution in [0.3, 0.4) is 0 Å². The minimum atomic E-state index is -1.16. The van der Waals surface area contributed by atoms with E-state index in [4.69, 9.17) is 5.73 Å². The first kappa shape index (κ1) is 18.3. The van der Waals surface area contributed by atoms with Crippen molar-refractivity contribution in [2.45, 2.75) is 6.92 Å². The second-order valence-electron chi connectivity index (χ2n) is 4.81. The van der Waals surface area contributed by atoms with Crippen LogP contribution in [0.4, 0.5) is 20.2 Å². The number of nitrogens with two attached hydrogens (primary N) is 1. The molecule has 0 aliphatic carbocycles. The predicted molar refractivity (Wildman–Crippen MR) is 101 cm³/mol. The smallest absolute Gasteiger partial charge is 0.271 e. The normalized spacial score (nSPS) is 10.2. The highest BCUT2D eigenvalue weighted by Crippen LogP contribution is 2.28.